The predicted octanol–water partition coefficient (Wildman–Crippen LogP) is 1.62. The van der Waals surface area contributed by atoms with Crippen LogP contribution in [0, 0.1) is 5.82 Å². The van der Waals surface area contributed by atoms with Crippen molar-refractivity contribution in [2.45, 2.75) is 23.8 Å². The Bertz CT molecular complexity index is 815. The minimum atomic E-state index is -3.94. The highest BCUT2D eigenvalue weighted by molar-refractivity contribution is 7.92. The maximum absolute atomic E-state index is 13.5. The highest BCUT2D eigenvalue weighted by atomic mass is 32.2. The number of rotatable bonds is 6. The molecule has 1 heterocycles. The van der Waals surface area contributed by atoms with E-state index in [4.69, 9.17) is 0 Å². The van der Waals surface area contributed by atoms with Crippen LogP contribution in [0.2, 0.25) is 0 Å². The normalized spacial score (nSPS) is 14.9. The molecular weight excluding hydrogens is 321 g/mol. The van der Waals surface area contributed by atoms with Gasteiger partial charge in [0.15, 0.2) is 5.03 Å². The molecule has 1 aliphatic carbocycles. The van der Waals surface area contributed by atoms with Gasteiger partial charge in [-0.05, 0) is 31.0 Å². The molecule has 2 aromatic rings. The molecule has 1 aromatic carbocycles. The van der Waals surface area contributed by atoms with Crippen molar-refractivity contribution in [3.05, 3.63) is 41.8 Å². The summed E-state index contributed by atoms with van der Waals surface area (Å²) >= 11 is 0. The molecule has 8 heteroatoms. The van der Waals surface area contributed by atoms with Gasteiger partial charge in [0, 0.05) is 19.0 Å². The van der Waals surface area contributed by atoms with Crippen LogP contribution in [-0.4, -0.2) is 36.5 Å². The van der Waals surface area contributed by atoms with Crippen LogP contribution < -0.4 is 4.31 Å². The van der Waals surface area contributed by atoms with Gasteiger partial charge >= 0.3 is 0 Å². The van der Waals surface area contributed by atoms with Crippen molar-refractivity contribution in [1.82, 2.24) is 9.78 Å². The summed E-state index contributed by atoms with van der Waals surface area (Å²) in [6.45, 7) is -0.529. The standard InChI is InChI=1S/C15H18FN3O3S/c1-18-15(10-14(17-18)11-5-6-11)23(21,22)19(7-8-20)13-4-2-3-12(16)9-13/h2-4,9-11,20H,5-8H2,1H3. The Morgan fingerprint density at radius 1 is 1.39 bits per heavy atom. The molecule has 124 valence electrons. The van der Waals surface area contributed by atoms with Crippen LogP contribution in [0.3, 0.4) is 0 Å². The number of aliphatic hydroxyl groups excluding tert-OH is 1. The summed E-state index contributed by atoms with van der Waals surface area (Å²) in [6, 6.07) is 6.86. The second-order valence-electron chi connectivity index (χ2n) is 5.59. The zero-order chi connectivity index (χ0) is 16.6. The molecule has 0 aliphatic heterocycles. The second-order valence-corrected chi connectivity index (χ2v) is 7.40. The summed E-state index contributed by atoms with van der Waals surface area (Å²) in [7, 11) is -2.37. The Morgan fingerprint density at radius 3 is 2.74 bits per heavy atom. The minimum absolute atomic E-state index is 0.0390. The topological polar surface area (TPSA) is 75.4 Å². The van der Waals surface area contributed by atoms with Gasteiger partial charge < -0.3 is 5.11 Å². The highest BCUT2D eigenvalue weighted by Gasteiger charge is 2.32. The van der Waals surface area contributed by atoms with E-state index in [1.807, 2.05) is 0 Å². The van der Waals surface area contributed by atoms with Gasteiger partial charge in [0.1, 0.15) is 5.82 Å². The van der Waals surface area contributed by atoms with E-state index in [9.17, 15) is 17.9 Å². The molecule has 1 aromatic heterocycles. The monoisotopic (exact) mass is 339 g/mol. The van der Waals surface area contributed by atoms with Gasteiger partial charge in [-0.3, -0.25) is 8.99 Å². The third-order valence-electron chi connectivity index (χ3n) is 3.81. The molecule has 0 spiro atoms. The number of hydrogen-bond donors (Lipinski definition) is 1. The molecule has 1 N–H and O–H groups in total. The number of nitrogens with zero attached hydrogens (tertiary/aromatic N) is 3. The Balaban J connectivity index is 2.03. The van der Waals surface area contributed by atoms with Crippen LogP contribution in [0.25, 0.3) is 0 Å². The number of benzene rings is 1. The molecule has 1 aliphatic rings. The maximum Gasteiger partial charge on any atom is 0.281 e. The molecular formula is C15H18FN3O3S. The smallest absolute Gasteiger partial charge is 0.281 e. The first-order chi connectivity index (χ1) is 10.9. The summed E-state index contributed by atoms with van der Waals surface area (Å²) in [5.74, 6) is -0.213. The Labute approximate surface area is 134 Å². The summed E-state index contributed by atoms with van der Waals surface area (Å²) in [4.78, 5) is 0. The fraction of sp³-hybridized carbons (Fsp3) is 0.400. The lowest BCUT2D eigenvalue weighted by Crippen LogP contribution is -2.34. The van der Waals surface area contributed by atoms with Crippen LogP contribution in [0.1, 0.15) is 24.5 Å². The van der Waals surface area contributed by atoms with Crippen LogP contribution in [0.15, 0.2) is 35.4 Å². The first-order valence-electron chi connectivity index (χ1n) is 7.36. The lowest BCUT2D eigenvalue weighted by atomic mass is 10.3. The van der Waals surface area contributed by atoms with Crippen LogP contribution in [0.5, 0.6) is 0 Å². The van der Waals surface area contributed by atoms with E-state index in [1.54, 1.807) is 13.1 Å². The minimum Gasteiger partial charge on any atom is -0.394 e. The molecule has 23 heavy (non-hydrogen) atoms. The van der Waals surface area contributed by atoms with E-state index in [2.05, 4.69) is 5.10 Å². The van der Waals surface area contributed by atoms with Crippen molar-refractivity contribution < 1.29 is 17.9 Å². The van der Waals surface area contributed by atoms with Crippen molar-refractivity contribution in [3.8, 4) is 0 Å². The lowest BCUT2D eigenvalue weighted by molar-refractivity contribution is 0.306. The predicted molar refractivity (Wildman–Crippen MR) is 83.2 cm³/mol. The molecule has 6 nitrogen and oxygen atoms in total. The number of aliphatic hydroxyl groups is 1. The quantitative estimate of drug-likeness (QED) is 0.868. The highest BCUT2D eigenvalue weighted by Crippen LogP contribution is 2.40. The van der Waals surface area contributed by atoms with E-state index in [0.717, 1.165) is 28.9 Å². The third-order valence-corrected chi connectivity index (χ3v) is 5.69. The molecule has 3 rings (SSSR count). The maximum atomic E-state index is 13.5. The fourth-order valence-electron chi connectivity index (χ4n) is 2.51. The molecule has 0 radical (unpaired) electrons. The van der Waals surface area contributed by atoms with Gasteiger partial charge in [0.05, 0.1) is 24.5 Å². The number of hydrogen-bond acceptors (Lipinski definition) is 4. The average Bonchev–Trinajstić information content (AvgIpc) is 3.27. The summed E-state index contributed by atoms with van der Waals surface area (Å²) in [6.07, 6.45) is 2.03. The molecule has 0 saturated heterocycles. The number of anilines is 1. The second kappa shape index (κ2) is 5.93. The van der Waals surface area contributed by atoms with E-state index >= 15 is 0 Å². The molecule has 0 amide bonds. The zero-order valence-electron chi connectivity index (χ0n) is 12.7. The fourth-order valence-corrected chi connectivity index (χ4v) is 4.10. The largest absolute Gasteiger partial charge is 0.394 e. The molecule has 0 bridgehead atoms. The van der Waals surface area contributed by atoms with E-state index in [0.29, 0.717) is 5.92 Å². The molecule has 0 unspecified atom stereocenters. The Morgan fingerprint density at radius 2 is 2.13 bits per heavy atom. The van der Waals surface area contributed by atoms with Crippen molar-refractivity contribution in [1.29, 1.82) is 0 Å². The summed E-state index contributed by atoms with van der Waals surface area (Å²) < 4.78 is 41.7. The van der Waals surface area contributed by atoms with Gasteiger partial charge in [0.25, 0.3) is 10.0 Å². The molecule has 0 atom stereocenters. The third kappa shape index (κ3) is 3.09. The van der Waals surface area contributed by atoms with Crippen LogP contribution in [-0.2, 0) is 17.1 Å². The number of aromatic nitrogens is 2. The van der Waals surface area contributed by atoms with Crippen LogP contribution in [0.4, 0.5) is 10.1 Å². The first kappa shape index (κ1) is 15.9. The molecule has 1 fully saturated rings. The summed E-state index contributed by atoms with van der Waals surface area (Å²) in [5.41, 5.74) is 0.933. The lowest BCUT2D eigenvalue weighted by Gasteiger charge is -2.23. The van der Waals surface area contributed by atoms with E-state index in [-0.39, 0.29) is 23.9 Å². The van der Waals surface area contributed by atoms with Gasteiger partial charge in [-0.15, -0.1) is 0 Å². The Kier molecular flexibility index (Phi) is 4.11. The van der Waals surface area contributed by atoms with Crippen molar-refractivity contribution >= 4 is 15.7 Å². The van der Waals surface area contributed by atoms with Crippen LogP contribution >= 0.6 is 0 Å². The van der Waals surface area contributed by atoms with Gasteiger partial charge in [0.2, 0.25) is 0 Å². The number of sulfonamides is 1. The van der Waals surface area contributed by atoms with Gasteiger partial charge in [-0.25, -0.2) is 4.39 Å². The van der Waals surface area contributed by atoms with Gasteiger partial charge in [-0.1, -0.05) is 6.07 Å². The zero-order valence-corrected chi connectivity index (χ0v) is 13.5. The van der Waals surface area contributed by atoms with E-state index in [1.165, 1.54) is 22.9 Å². The van der Waals surface area contributed by atoms with Crippen molar-refractivity contribution in [2.24, 2.45) is 7.05 Å². The first-order valence-corrected chi connectivity index (χ1v) is 8.80. The van der Waals surface area contributed by atoms with Crippen molar-refractivity contribution in [3.63, 3.8) is 0 Å². The number of halogens is 1. The van der Waals surface area contributed by atoms with E-state index < -0.39 is 15.8 Å². The summed E-state index contributed by atoms with van der Waals surface area (Å²) in [5, 5.41) is 13.5. The average molecular weight is 339 g/mol. The Hall–Kier alpha value is -1.93. The SMILES string of the molecule is Cn1nc(C2CC2)cc1S(=O)(=O)N(CCO)c1cccc(F)c1. The number of aryl methyl sites for hydroxylation is 1. The molecule has 1 saturated carbocycles. The van der Waals surface area contributed by atoms with Gasteiger partial charge in [-0.2, -0.15) is 13.5 Å². The van der Waals surface area contributed by atoms with Crippen molar-refractivity contribution in [2.75, 3.05) is 17.5 Å².